The van der Waals surface area contributed by atoms with Gasteiger partial charge in [-0.15, -0.1) is 0 Å². The number of fused-ring (bicyclic) bond motifs is 6. The van der Waals surface area contributed by atoms with E-state index in [1.165, 1.54) is 43.0 Å². The molecule has 0 fully saturated rings. The van der Waals surface area contributed by atoms with Crippen molar-refractivity contribution in [3.63, 3.8) is 0 Å². The van der Waals surface area contributed by atoms with E-state index >= 15 is 0 Å². The second kappa shape index (κ2) is 16.4. The first-order valence-corrected chi connectivity index (χ1v) is 25.2. The van der Waals surface area contributed by atoms with E-state index in [1.807, 2.05) is 12.1 Å². The summed E-state index contributed by atoms with van der Waals surface area (Å²) < 4.78 is 6.30. The van der Waals surface area contributed by atoms with Gasteiger partial charge in [0.2, 0.25) is 0 Å². The molecule has 10 aromatic carbocycles. The molecule has 67 heavy (non-hydrogen) atoms. The Morgan fingerprint density at radius 3 is 1.45 bits per heavy atom. The molecule has 320 valence electrons. The zero-order chi connectivity index (χ0) is 45.0. The SMILES string of the molecule is CC1(C)c2ccccc2-c2ccc(N(c3ccccc3)c3ccc([Si](c4ccccc4)(c4ccccc4)c4cccc(N(c5ccccc5)c5ccc6oc7ccccc7c6c5)c4)cc3)cc21. The highest BCUT2D eigenvalue weighted by Gasteiger charge is 2.42. The Balaban J connectivity index is 1.03. The topological polar surface area (TPSA) is 19.6 Å². The number of hydrogen-bond acceptors (Lipinski definition) is 3. The van der Waals surface area contributed by atoms with E-state index in [1.54, 1.807) is 0 Å². The first kappa shape index (κ1) is 40.3. The quantitative estimate of drug-likeness (QED) is 0.101. The Kier molecular flexibility index (Phi) is 9.85. The Morgan fingerprint density at radius 2 is 0.761 bits per heavy atom. The molecular weight excluding hydrogens is 829 g/mol. The first-order chi connectivity index (χ1) is 33.0. The third-order valence-electron chi connectivity index (χ3n) is 14.0. The Hall–Kier alpha value is -8.18. The summed E-state index contributed by atoms with van der Waals surface area (Å²) in [4.78, 5) is 4.80. The van der Waals surface area contributed by atoms with Gasteiger partial charge in [0.05, 0.1) is 0 Å². The summed E-state index contributed by atoms with van der Waals surface area (Å²) in [6, 6.07) is 93.5. The number of benzene rings is 10. The molecule has 12 rings (SSSR count). The van der Waals surface area contributed by atoms with Crippen LogP contribution in [-0.4, -0.2) is 8.07 Å². The van der Waals surface area contributed by atoms with Crippen molar-refractivity contribution >= 4 is 84.9 Å². The van der Waals surface area contributed by atoms with Gasteiger partial charge < -0.3 is 14.2 Å². The summed E-state index contributed by atoms with van der Waals surface area (Å²) in [6.07, 6.45) is 0. The number of furan rings is 1. The first-order valence-electron chi connectivity index (χ1n) is 23.2. The highest BCUT2D eigenvalue weighted by atomic mass is 28.3. The van der Waals surface area contributed by atoms with Crippen LogP contribution in [-0.2, 0) is 5.41 Å². The molecular formula is C63H48N2OSi. The summed E-state index contributed by atoms with van der Waals surface area (Å²) in [5.74, 6) is 0. The van der Waals surface area contributed by atoms with Crippen LogP contribution in [0.4, 0.5) is 34.1 Å². The third-order valence-corrected chi connectivity index (χ3v) is 18.8. The number of anilines is 6. The lowest BCUT2D eigenvalue weighted by Crippen LogP contribution is -2.74. The van der Waals surface area contributed by atoms with Crippen molar-refractivity contribution < 1.29 is 4.42 Å². The largest absolute Gasteiger partial charge is 0.456 e. The average molecular weight is 877 g/mol. The molecule has 0 amide bonds. The minimum Gasteiger partial charge on any atom is -0.456 e. The summed E-state index contributed by atoms with van der Waals surface area (Å²) in [5.41, 5.74) is 13.7. The van der Waals surface area contributed by atoms with Crippen LogP contribution in [0.2, 0.25) is 0 Å². The average Bonchev–Trinajstić information content (AvgIpc) is 3.87. The van der Waals surface area contributed by atoms with E-state index in [9.17, 15) is 0 Å². The third kappa shape index (κ3) is 6.71. The summed E-state index contributed by atoms with van der Waals surface area (Å²) in [6.45, 7) is 4.71. The summed E-state index contributed by atoms with van der Waals surface area (Å²) >= 11 is 0. The van der Waals surface area contributed by atoms with Crippen LogP contribution in [0.15, 0.2) is 259 Å². The zero-order valence-corrected chi connectivity index (χ0v) is 38.6. The van der Waals surface area contributed by atoms with Gasteiger partial charge in [-0.3, -0.25) is 0 Å². The maximum atomic E-state index is 6.30. The lowest BCUT2D eigenvalue weighted by molar-refractivity contribution is 0.660. The van der Waals surface area contributed by atoms with Crippen molar-refractivity contribution in [2.75, 3.05) is 9.80 Å². The molecule has 1 aromatic heterocycles. The smallest absolute Gasteiger partial charge is 0.179 e. The molecule has 0 radical (unpaired) electrons. The number of nitrogens with zero attached hydrogens (tertiary/aromatic N) is 2. The molecule has 0 atom stereocenters. The highest BCUT2D eigenvalue weighted by molar-refractivity contribution is 7.20. The van der Waals surface area contributed by atoms with E-state index in [2.05, 4.69) is 266 Å². The van der Waals surface area contributed by atoms with Crippen LogP contribution >= 0.6 is 0 Å². The van der Waals surface area contributed by atoms with Crippen LogP contribution in [0.3, 0.4) is 0 Å². The Morgan fingerprint density at radius 1 is 0.313 bits per heavy atom. The lowest BCUT2D eigenvalue weighted by atomic mass is 9.82. The maximum absolute atomic E-state index is 6.30. The number of hydrogen-bond donors (Lipinski definition) is 0. The van der Waals surface area contributed by atoms with E-state index in [0.29, 0.717) is 0 Å². The highest BCUT2D eigenvalue weighted by Crippen LogP contribution is 2.50. The monoisotopic (exact) mass is 876 g/mol. The van der Waals surface area contributed by atoms with Crippen molar-refractivity contribution in [1.29, 1.82) is 0 Å². The molecule has 0 bridgehead atoms. The van der Waals surface area contributed by atoms with Crippen LogP contribution in [0, 0.1) is 0 Å². The molecule has 1 aliphatic rings. The molecule has 0 spiro atoms. The van der Waals surface area contributed by atoms with Crippen LogP contribution < -0.4 is 30.5 Å². The van der Waals surface area contributed by atoms with Crippen LogP contribution in [0.5, 0.6) is 0 Å². The van der Waals surface area contributed by atoms with E-state index in [-0.39, 0.29) is 5.41 Å². The second-order valence-corrected chi connectivity index (χ2v) is 21.9. The van der Waals surface area contributed by atoms with Crippen molar-refractivity contribution in [3.8, 4) is 11.1 Å². The molecule has 4 heteroatoms. The minimum atomic E-state index is -2.99. The standard InChI is InChI=1S/C63H48N2OSi/c1-63(2)59-32-17-15-30-55(59)56-40-36-50(44-60(56)63)64(45-20-7-3-8-21-45)47-34-38-53(39-35-47)67(51-25-11-5-12-26-51,52-27-13-6-14-28-52)54-29-19-24-48(42-54)65(46-22-9-4-10-23-46)49-37-41-62-58(43-49)57-31-16-18-33-61(57)66-62/h3-44H,1-2H3. The maximum Gasteiger partial charge on any atom is 0.179 e. The molecule has 11 aromatic rings. The van der Waals surface area contributed by atoms with Gasteiger partial charge in [-0.25, -0.2) is 0 Å². The van der Waals surface area contributed by atoms with Gasteiger partial charge in [0, 0.05) is 50.3 Å². The van der Waals surface area contributed by atoms with Gasteiger partial charge in [-0.1, -0.05) is 184 Å². The lowest BCUT2D eigenvalue weighted by Gasteiger charge is -2.36. The van der Waals surface area contributed by atoms with Gasteiger partial charge in [0.1, 0.15) is 11.2 Å². The second-order valence-electron chi connectivity index (χ2n) is 18.1. The Labute approximate surface area is 393 Å². The fourth-order valence-corrected chi connectivity index (χ4v) is 15.6. The number of rotatable bonds is 10. The van der Waals surface area contributed by atoms with Gasteiger partial charge in [0.15, 0.2) is 8.07 Å². The molecule has 1 heterocycles. The van der Waals surface area contributed by atoms with E-state index < -0.39 is 8.07 Å². The van der Waals surface area contributed by atoms with Crippen molar-refractivity contribution in [2.45, 2.75) is 19.3 Å². The molecule has 3 nitrogen and oxygen atoms in total. The van der Waals surface area contributed by atoms with E-state index in [0.717, 1.165) is 56.1 Å². The normalized spacial score (nSPS) is 12.7. The fourth-order valence-electron chi connectivity index (χ4n) is 10.8. The summed E-state index contributed by atoms with van der Waals surface area (Å²) in [7, 11) is -2.99. The Bertz CT molecular complexity index is 3510. The van der Waals surface area contributed by atoms with Crippen LogP contribution in [0.1, 0.15) is 25.0 Å². The van der Waals surface area contributed by atoms with Crippen LogP contribution in [0.25, 0.3) is 33.1 Å². The van der Waals surface area contributed by atoms with Crippen molar-refractivity contribution in [1.82, 2.24) is 0 Å². The van der Waals surface area contributed by atoms with Gasteiger partial charge in [-0.2, -0.15) is 0 Å². The summed E-state index contributed by atoms with van der Waals surface area (Å²) in [5, 5.41) is 7.46. The molecule has 0 N–H and O–H groups in total. The van der Waals surface area contributed by atoms with Crippen molar-refractivity contribution in [3.05, 3.63) is 266 Å². The number of para-hydroxylation sites is 3. The fraction of sp³-hybridized carbons (Fsp3) is 0.0476. The van der Waals surface area contributed by atoms with Gasteiger partial charge in [0.25, 0.3) is 0 Å². The molecule has 0 unspecified atom stereocenters. The van der Waals surface area contributed by atoms with Gasteiger partial charge >= 0.3 is 0 Å². The molecule has 0 saturated carbocycles. The zero-order valence-electron chi connectivity index (χ0n) is 37.6. The molecule has 0 aliphatic heterocycles. The molecule has 0 saturated heterocycles. The molecule has 1 aliphatic carbocycles. The van der Waals surface area contributed by atoms with Gasteiger partial charge in [-0.05, 0) is 128 Å². The van der Waals surface area contributed by atoms with Crippen molar-refractivity contribution in [2.24, 2.45) is 0 Å². The minimum absolute atomic E-state index is 0.115. The van der Waals surface area contributed by atoms with E-state index in [4.69, 9.17) is 4.42 Å². The predicted octanol–water partition coefficient (Wildman–Crippen LogP) is 14.2. The predicted molar refractivity (Wildman–Crippen MR) is 284 cm³/mol.